The minimum Gasteiger partial charge on any atom is -0.381 e. The Bertz CT molecular complexity index is 770. The summed E-state index contributed by atoms with van der Waals surface area (Å²) in [5, 5.41) is 3.43. The molecule has 0 saturated heterocycles. The Morgan fingerprint density at radius 1 is 1.22 bits per heavy atom. The van der Waals surface area contributed by atoms with Crippen LogP contribution in [0.15, 0.2) is 29.7 Å². The average Bonchev–Trinajstić information content (AvgIpc) is 2.91. The molecule has 1 aliphatic heterocycles. The van der Waals surface area contributed by atoms with E-state index in [1.54, 1.807) is 12.4 Å². The van der Waals surface area contributed by atoms with Crippen LogP contribution in [0.2, 0.25) is 0 Å². The number of imidazole rings is 1. The van der Waals surface area contributed by atoms with Crippen molar-refractivity contribution in [3.63, 3.8) is 0 Å². The largest absolute Gasteiger partial charge is 0.381 e. The molecule has 0 bridgehead atoms. The molecule has 2 aromatic rings. The Morgan fingerprint density at radius 2 is 2.00 bits per heavy atom. The third-order valence-corrected chi connectivity index (χ3v) is 3.74. The summed E-state index contributed by atoms with van der Waals surface area (Å²) in [4.78, 5) is 15.5. The van der Waals surface area contributed by atoms with Gasteiger partial charge in [-0.1, -0.05) is 0 Å². The quantitative estimate of drug-likeness (QED) is 0.901. The lowest BCUT2D eigenvalue weighted by molar-refractivity contribution is 0.362. The van der Waals surface area contributed by atoms with Crippen molar-refractivity contribution >= 4 is 23.1 Å². The lowest BCUT2D eigenvalue weighted by Crippen LogP contribution is -2.48. The average molecular weight is 313 g/mol. The van der Waals surface area contributed by atoms with Crippen LogP contribution in [-0.2, 0) is 0 Å². The fourth-order valence-electron chi connectivity index (χ4n) is 2.61. The predicted molar refractivity (Wildman–Crippen MR) is 92.9 cm³/mol. The van der Waals surface area contributed by atoms with Crippen molar-refractivity contribution < 1.29 is 0 Å². The molecule has 0 radical (unpaired) electrons. The van der Waals surface area contributed by atoms with E-state index in [0.29, 0.717) is 23.5 Å². The molecule has 7 heteroatoms. The smallest absolute Gasteiger partial charge is 0.199 e. The van der Waals surface area contributed by atoms with E-state index in [4.69, 9.17) is 10.7 Å². The fourth-order valence-corrected chi connectivity index (χ4v) is 2.61. The highest BCUT2D eigenvalue weighted by Gasteiger charge is 2.21. The van der Waals surface area contributed by atoms with E-state index in [2.05, 4.69) is 54.0 Å². The molecule has 0 amide bonds. The van der Waals surface area contributed by atoms with Gasteiger partial charge in [0.1, 0.15) is 0 Å². The third kappa shape index (κ3) is 2.86. The van der Waals surface area contributed by atoms with Gasteiger partial charge in [0.05, 0.1) is 17.6 Å². The van der Waals surface area contributed by atoms with Crippen LogP contribution in [0.3, 0.4) is 0 Å². The van der Waals surface area contributed by atoms with Crippen molar-refractivity contribution in [1.82, 2.24) is 24.6 Å². The van der Waals surface area contributed by atoms with Crippen LogP contribution in [-0.4, -0.2) is 43.9 Å². The van der Waals surface area contributed by atoms with E-state index >= 15 is 0 Å². The topological polar surface area (TPSA) is 83.8 Å². The number of nitrogens with two attached hydrogens (primary N) is 1. The molecule has 0 spiro atoms. The van der Waals surface area contributed by atoms with Gasteiger partial charge in [-0.2, -0.15) is 0 Å². The van der Waals surface area contributed by atoms with Crippen molar-refractivity contribution in [3.05, 3.63) is 30.4 Å². The van der Waals surface area contributed by atoms with Gasteiger partial charge < -0.3 is 16.0 Å². The van der Waals surface area contributed by atoms with Crippen LogP contribution in [0, 0.1) is 0 Å². The normalized spacial score (nSPS) is 15.3. The summed E-state index contributed by atoms with van der Waals surface area (Å²) in [5.74, 6) is 1.31. The van der Waals surface area contributed by atoms with Gasteiger partial charge in [-0.15, -0.1) is 0 Å². The molecule has 3 heterocycles. The van der Waals surface area contributed by atoms with Crippen LogP contribution in [0.5, 0.6) is 0 Å². The lowest BCUT2D eigenvalue weighted by Gasteiger charge is -2.33. The van der Waals surface area contributed by atoms with Gasteiger partial charge in [0.15, 0.2) is 17.4 Å². The third-order valence-electron chi connectivity index (χ3n) is 3.74. The van der Waals surface area contributed by atoms with Crippen molar-refractivity contribution in [2.24, 2.45) is 4.99 Å². The number of guanidine groups is 1. The van der Waals surface area contributed by atoms with Crippen molar-refractivity contribution in [2.75, 3.05) is 12.3 Å². The van der Waals surface area contributed by atoms with Crippen molar-refractivity contribution in [2.45, 2.75) is 39.8 Å². The summed E-state index contributed by atoms with van der Waals surface area (Å²) in [6.45, 7) is 9.35. The van der Waals surface area contributed by atoms with E-state index in [0.717, 1.165) is 23.9 Å². The van der Waals surface area contributed by atoms with E-state index in [-0.39, 0.29) is 0 Å². The molecule has 0 aliphatic carbocycles. The Hall–Kier alpha value is -2.57. The maximum Gasteiger partial charge on any atom is 0.199 e. The van der Waals surface area contributed by atoms with Gasteiger partial charge in [0, 0.05) is 31.0 Å². The van der Waals surface area contributed by atoms with Gasteiger partial charge in [-0.3, -0.25) is 4.40 Å². The first-order valence-electron chi connectivity index (χ1n) is 7.87. The predicted octanol–water partition coefficient (Wildman–Crippen LogP) is 1.73. The standard InChI is InChI=1S/C16H23N7/c1-10(2)20-16-21-12(5-7-22(16)11(3)4)13-9-19-15-14(17)18-6-8-23(13)15/h5-6,8-11H,7H2,1-4H3,(H2,17,18)(H,20,21). The molecule has 0 fully saturated rings. The molecule has 3 rings (SSSR count). The Morgan fingerprint density at radius 3 is 2.70 bits per heavy atom. The number of aromatic nitrogens is 3. The number of anilines is 1. The maximum absolute atomic E-state index is 5.88. The van der Waals surface area contributed by atoms with Gasteiger partial charge in [-0.05, 0) is 33.8 Å². The number of nitrogen functional groups attached to an aromatic ring is 1. The van der Waals surface area contributed by atoms with Crippen LogP contribution in [0.25, 0.3) is 11.3 Å². The van der Waals surface area contributed by atoms with Crippen LogP contribution in [0.1, 0.15) is 33.4 Å². The van der Waals surface area contributed by atoms with Gasteiger partial charge in [0.25, 0.3) is 0 Å². The number of hydrogen-bond donors (Lipinski definition) is 2. The lowest BCUT2D eigenvalue weighted by atomic mass is 10.2. The molecule has 0 unspecified atom stereocenters. The highest BCUT2D eigenvalue weighted by Crippen LogP contribution is 2.23. The second kappa shape index (κ2) is 5.91. The number of nitrogens with one attached hydrogen (secondary N) is 1. The second-order valence-corrected chi connectivity index (χ2v) is 6.22. The van der Waals surface area contributed by atoms with Crippen LogP contribution < -0.4 is 11.1 Å². The first-order valence-corrected chi connectivity index (χ1v) is 7.87. The Balaban J connectivity index is 2.02. The summed E-state index contributed by atoms with van der Waals surface area (Å²) in [6, 6.07) is 0.691. The molecule has 122 valence electrons. The van der Waals surface area contributed by atoms with Gasteiger partial charge in [-0.25, -0.2) is 15.0 Å². The van der Waals surface area contributed by atoms with E-state index < -0.39 is 0 Å². The first kappa shape index (κ1) is 15.3. The number of nitrogens with zero attached hydrogens (tertiary/aromatic N) is 5. The fraction of sp³-hybridized carbons (Fsp3) is 0.438. The van der Waals surface area contributed by atoms with Gasteiger partial charge >= 0.3 is 0 Å². The second-order valence-electron chi connectivity index (χ2n) is 6.22. The summed E-state index contributed by atoms with van der Waals surface area (Å²) in [5.41, 5.74) is 8.35. The first-order chi connectivity index (χ1) is 11.0. The van der Waals surface area contributed by atoms with Crippen LogP contribution >= 0.6 is 0 Å². The minimum absolute atomic E-state index is 0.316. The molecule has 2 aromatic heterocycles. The Kier molecular flexibility index (Phi) is 3.94. The monoisotopic (exact) mass is 313 g/mol. The van der Waals surface area contributed by atoms with E-state index in [1.807, 2.05) is 10.6 Å². The maximum atomic E-state index is 5.88. The van der Waals surface area contributed by atoms with E-state index in [1.165, 1.54) is 0 Å². The SMILES string of the molecule is CC(C)NC1=NC(c2cnc3c(N)nccn23)=CCN1C(C)C. The molecular weight excluding hydrogens is 290 g/mol. The molecule has 3 N–H and O–H groups in total. The summed E-state index contributed by atoms with van der Waals surface area (Å²) >= 11 is 0. The minimum atomic E-state index is 0.316. The van der Waals surface area contributed by atoms with Crippen molar-refractivity contribution in [3.8, 4) is 0 Å². The zero-order chi connectivity index (χ0) is 16.6. The molecule has 0 aromatic carbocycles. The highest BCUT2D eigenvalue weighted by atomic mass is 15.3. The number of aliphatic imine (C=N–C) groups is 1. The van der Waals surface area contributed by atoms with E-state index in [9.17, 15) is 0 Å². The number of rotatable bonds is 3. The molecule has 0 saturated carbocycles. The molecule has 7 nitrogen and oxygen atoms in total. The number of fused-ring (bicyclic) bond motifs is 1. The summed E-state index contributed by atoms with van der Waals surface area (Å²) in [7, 11) is 0. The van der Waals surface area contributed by atoms with Crippen molar-refractivity contribution in [1.29, 1.82) is 0 Å². The highest BCUT2D eigenvalue weighted by molar-refractivity contribution is 5.89. The zero-order valence-corrected chi connectivity index (χ0v) is 14.0. The van der Waals surface area contributed by atoms with Gasteiger partial charge in [0.2, 0.25) is 0 Å². The Labute approximate surface area is 135 Å². The molecule has 23 heavy (non-hydrogen) atoms. The molecule has 0 atom stereocenters. The summed E-state index contributed by atoms with van der Waals surface area (Å²) < 4.78 is 1.93. The van der Waals surface area contributed by atoms with Crippen LogP contribution in [0.4, 0.5) is 5.82 Å². The zero-order valence-electron chi connectivity index (χ0n) is 14.0. The summed E-state index contributed by atoms with van der Waals surface area (Å²) in [6.07, 6.45) is 7.44. The molecular formula is C16H23N7. The molecule has 1 aliphatic rings. The number of hydrogen-bond acceptors (Lipinski definition) is 6.